The maximum atomic E-state index is 12.8. The van der Waals surface area contributed by atoms with Crippen molar-refractivity contribution in [3.05, 3.63) is 47.5 Å². The minimum atomic E-state index is -0.391. The van der Waals surface area contributed by atoms with Crippen LogP contribution in [0.2, 0.25) is 0 Å². The van der Waals surface area contributed by atoms with Crippen LogP contribution in [-0.4, -0.2) is 25.2 Å². The average Bonchev–Trinajstić information content (AvgIpc) is 3.27. The summed E-state index contributed by atoms with van der Waals surface area (Å²) in [7, 11) is 0. The number of nitrogens with one attached hydrogen (secondary N) is 1. The van der Waals surface area contributed by atoms with Gasteiger partial charge in [0, 0.05) is 30.4 Å². The Kier molecular flexibility index (Phi) is 4.71. The summed E-state index contributed by atoms with van der Waals surface area (Å²) in [6.45, 7) is 6.81. The van der Waals surface area contributed by atoms with E-state index in [4.69, 9.17) is 9.47 Å². The fourth-order valence-corrected chi connectivity index (χ4v) is 3.83. The maximum Gasteiger partial charge on any atom is 0.231 e. The van der Waals surface area contributed by atoms with E-state index < -0.39 is 5.92 Å². The van der Waals surface area contributed by atoms with Gasteiger partial charge < -0.3 is 19.7 Å². The molecule has 28 heavy (non-hydrogen) atoms. The molecule has 2 aromatic rings. The van der Waals surface area contributed by atoms with Gasteiger partial charge in [0.2, 0.25) is 18.6 Å². The molecule has 1 saturated heterocycles. The van der Waals surface area contributed by atoms with Crippen molar-refractivity contribution in [1.29, 1.82) is 0 Å². The molecule has 0 spiro atoms. The van der Waals surface area contributed by atoms with Crippen LogP contribution in [0, 0.1) is 12.8 Å². The summed E-state index contributed by atoms with van der Waals surface area (Å²) in [5, 5.41) is 2.90. The number of aryl methyl sites for hydroxylation is 1. The Balaban J connectivity index is 1.51. The molecule has 146 valence electrons. The van der Waals surface area contributed by atoms with E-state index in [1.54, 1.807) is 23.1 Å². The third kappa shape index (κ3) is 3.30. The van der Waals surface area contributed by atoms with E-state index in [-0.39, 0.29) is 25.0 Å². The van der Waals surface area contributed by atoms with Crippen molar-refractivity contribution < 1.29 is 19.1 Å². The van der Waals surface area contributed by atoms with Crippen LogP contribution >= 0.6 is 0 Å². The molecule has 0 aliphatic carbocycles. The number of fused-ring (bicyclic) bond motifs is 1. The van der Waals surface area contributed by atoms with Crippen LogP contribution in [0.3, 0.4) is 0 Å². The van der Waals surface area contributed by atoms with Crippen molar-refractivity contribution in [3.63, 3.8) is 0 Å². The number of rotatable bonds is 4. The van der Waals surface area contributed by atoms with Gasteiger partial charge in [-0.15, -0.1) is 0 Å². The normalized spacial score (nSPS) is 18.1. The van der Waals surface area contributed by atoms with E-state index in [9.17, 15) is 9.59 Å². The van der Waals surface area contributed by atoms with Gasteiger partial charge in [0.25, 0.3) is 0 Å². The largest absolute Gasteiger partial charge is 0.454 e. The van der Waals surface area contributed by atoms with Crippen molar-refractivity contribution in [2.75, 3.05) is 23.6 Å². The SMILES string of the molecule is Cc1cccc(C(C)C)c1N1CC(C(=O)Nc2ccc3c(c2)OCO3)CC1=O. The Bertz CT molecular complexity index is 938. The number of hydrogen-bond donors (Lipinski definition) is 1. The van der Waals surface area contributed by atoms with E-state index in [0.717, 1.165) is 16.8 Å². The zero-order valence-electron chi connectivity index (χ0n) is 16.3. The Morgan fingerprint density at radius 2 is 1.96 bits per heavy atom. The number of nitrogens with zero attached hydrogens (tertiary/aromatic N) is 1. The standard InChI is InChI=1S/C22H24N2O4/c1-13(2)17-6-4-5-14(3)21(17)24-11-15(9-20(24)25)22(26)23-16-7-8-18-19(10-16)28-12-27-18/h4-8,10,13,15H,9,11-12H2,1-3H3,(H,23,26). The van der Waals surface area contributed by atoms with Crippen molar-refractivity contribution in [1.82, 2.24) is 0 Å². The van der Waals surface area contributed by atoms with E-state index in [2.05, 4.69) is 25.2 Å². The van der Waals surface area contributed by atoms with Gasteiger partial charge in [0.15, 0.2) is 11.5 Å². The van der Waals surface area contributed by atoms with Crippen molar-refractivity contribution in [3.8, 4) is 11.5 Å². The van der Waals surface area contributed by atoms with Crippen LogP contribution in [0.25, 0.3) is 0 Å². The summed E-state index contributed by atoms with van der Waals surface area (Å²) >= 11 is 0. The molecule has 1 atom stereocenters. The monoisotopic (exact) mass is 380 g/mol. The first-order chi connectivity index (χ1) is 13.4. The van der Waals surface area contributed by atoms with Gasteiger partial charge >= 0.3 is 0 Å². The molecular weight excluding hydrogens is 356 g/mol. The molecule has 0 aromatic heterocycles. The number of carbonyl (C=O) groups is 2. The number of amides is 2. The second-order valence-electron chi connectivity index (χ2n) is 7.63. The van der Waals surface area contributed by atoms with Crippen molar-refractivity contribution in [2.45, 2.75) is 33.1 Å². The van der Waals surface area contributed by atoms with Gasteiger partial charge in [-0.05, 0) is 36.1 Å². The molecule has 2 aliphatic heterocycles. The topological polar surface area (TPSA) is 67.9 Å². The predicted octanol–water partition coefficient (Wildman–Crippen LogP) is 3.84. The highest BCUT2D eigenvalue weighted by Gasteiger charge is 2.37. The molecule has 2 amide bonds. The van der Waals surface area contributed by atoms with Gasteiger partial charge in [-0.1, -0.05) is 32.0 Å². The smallest absolute Gasteiger partial charge is 0.231 e. The van der Waals surface area contributed by atoms with Crippen molar-refractivity contribution in [2.24, 2.45) is 5.92 Å². The quantitative estimate of drug-likeness (QED) is 0.875. The van der Waals surface area contributed by atoms with Crippen molar-refractivity contribution >= 4 is 23.2 Å². The summed E-state index contributed by atoms with van der Waals surface area (Å²) in [5.41, 5.74) is 3.77. The lowest BCUT2D eigenvalue weighted by Crippen LogP contribution is -2.29. The summed E-state index contributed by atoms with van der Waals surface area (Å²) in [5.74, 6) is 1.02. The summed E-state index contributed by atoms with van der Waals surface area (Å²) in [6.07, 6.45) is 0.211. The molecule has 2 heterocycles. The molecular formula is C22H24N2O4. The molecule has 1 N–H and O–H groups in total. The third-order valence-electron chi connectivity index (χ3n) is 5.30. The van der Waals surface area contributed by atoms with E-state index >= 15 is 0 Å². The molecule has 2 aliphatic rings. The first kappa shape index (κ1) is 18.3. The number of anilines is 2. The summed E-state index contributed by atoms with van der Waals surface area (Å²) < 4.78 is 10.6. The fourth-order valence-electron chi connectivity index (χ4n) is 3.83. The molecule has 1 fully saturated rings. The Hall–Kier alpha value is -3.02. The molecule has 0 radical (unpaired) electrons. The maximum absolute atomic E-state index is 12.8. The average molecular weight is 380 g/mol. The molecule has 6 heteroatoms. The van der Waals surface area contributed by atoms with E-state index in [1.807, 2.05) is 19.1 Å². The zero-order valence-corrected chi connectivity index (χ0v) is 16.3. The lowest BCUT2D eigenvalue weighted by atomic mass is 9.97. The lowest BCUT2D eigenvalue weighted by Gasteiger charge is -2.24. The van der Waals surface area contributed by atoms with E-state index in [1.165, 1.54) is 0 Å². The first-order valence-electron chi connectivity index (χ1n) is 9.54. The number of ether oxygens (including phenoxy) is 2. The van der Waals surface area contributed by atoms with E-state index in [0.29, 0.717) is 29.6 Å². The van der Waals surface area contributed by atoms with Gasteiger partial charge in [-0.3, -0.25) is 9.59 Å². The summed E-state index contributed by atoms with van der Waals surface area (Å²) in [4.78, 5) is 27.3. The minimum Gasteiger partial charge on any atom is -0.454 e. The number of benzene rings is 2. The van der Waals surface area contributed by atoms with Crippen LogP contribution in [0.4, 0.5) is 11.4 Å². The second-order valence-corrected chi connectivity index (χ2v) is 7.63. The minimum absolute atomic E-state index is 0.0120. The zero-order chi connectivity index (χ0) is 19.8. The first-order valence-corrected chi connectivity index (χ1v) is 9.54. The van der Waals surface area contributed by atoms with Crippen LogP contribution in [0.15, 0.2) is 36.4 Å². The molecule has 6 nitrogen and oxygen atoms in total. The predicted molar refractivity (Wildman–Crippen MR) is 107 cm³/mol. The highest BCUT2D eigenvalue weighted by molar-refractivity contribution is 6.04. The van der Waals surface area contributed by atoms with Crippen LogP contribution < -0.4 is 19.7 Å². The summed E-state index contributed by atoms with van der Waals surface area (Å²) in [6, 6.07) is 11.4. The fraction of sp³-hybridized carbons (Fsp3) is 0.364. The molecule has 2 aromatic carbocycles. The van der Waals surface area contributed by atoms with Gasteiger partial charge in [-0.2, -0.15) is 0 Å². The number of carbonyl (C=O) groups excluding carboxylic acids is 2. The highest BCUT2D eigenvalue weighted by Crippen LogP contribution is 2.36. The second kappa shape index (κ2) is 7.19. The Labute approximate surface area is 164 Å². The lowest BCUT2D eigenvalue weighted by molar-refractivity contribution is -0.122. The third-order valence-corrected chi connectivity index (χ3v) is 5.30. The molecule has 4 rings (SSSR count). The number of hydrogen-bond acceptors (Lipinski definition) is 4. The highest BCUT2D eigenvalue weighted by atomic mass is 16.7. The Morgan fingerprint density at radius 3 is 2.75 bits per heavy atom. The van der Waals surface area contributed by atoms with Crippen LogP contribution in [0.1, 0.15) is 37.3 Å². The van der Waals surface area contributed by atoms with Gasteiger partial charge in [-0.25, -0.2) is 0 Å². The Morgan fingerprint density at radius 1 is 1.18 bits per heavy atom. The van der Waals surface area contributed by atoms with Gasteiger partial charge in [0.1, 0.15) is 0 Å². The number of para-hydroxylation sites is 1. The molecule has 0 bridgehead atoms. The molecule has 0 saturated carbocycles. The van der Waals surface area contributed by atoms with Crippen LogP contribution in [-0.2, 0) is 9.59 Å². The molecule has 1 unspecified atom stereocenters. The van der Waals surface area contributed by atoms with Crippen LogP contribution in [0.5, 0.6) is 11.5 Å². The van der Waals surface area contributed by atoms with Gasteiger partial charge in [0.05, 0.1) is 5.92 Å².